The lowest BCUT2D eigenvalue weighted by Crippen LogP contribution is -2.37. The molecular formula is C31H45N7O. The molecule has 0 atom stereocenters. The van der Waals surface area contributed by atoms with Crippen LogP contribution in [0.15, 0.2) is 64.3 Å². The van der Waals surface area contributed by atoms with Gasteiger partial charge in [-0.2, -0.15) is 0 Å². The summed E-state index contributed by atoms with van der Waals surface area (Å²) >= 11 is 0. The van der Waals surface area contributed by atoms with Crippen LogP contribution < -0.4 is 16.0 Å². The molecule has 8 heteroatoms. The van der Waals surface area contributed by atoms with E-state index in [2.05, 4.69) is 69.7 Å². The maximum absolute atomic E-state index is 12.6. The number of aliphatic imine (C=N–C) groups is 3. The molecule has 0 aromatic heterocycles. The maximum atomic E-state index is 12.6. The molecule has 0 bridgehead atoms. The number of hydrogen-bond donors (Lipinski definition) is 2. The number of rotatable bonds is 11. The van der Waals surface area contributed by atoms with Crippen LogP contribution in [0.4, 0.5) is 5.69 Å². The van der Waals surface area contributed by atoms with Gasteiger partial charge in [0.05, 0.1) is 30.3 Å². The Labute approximate surface area is 234 Å². The Morgan fingerprint density at radius 1 is 1.23 bits per heavy atom. The monoisotopic (exact) mass is 531 g/mol. The van der Waals surface area contributed by atoms with Crippen molar-refractivity contribution in [1.29, 1.82) is 0 Å². The summed E-state index contributed by atoms with van der Waals surface area (Å²) in [5.74, 6) is 3.67. The summed E-state index contributed by atoms with van der Waals surface area (Å²) in [4.78, 5) is 30.8. The van der Waals surface area contributed by atoms with E-state index in [1.54, 1.807) is 6.92 Å². The molecule has 1 fully saturated rings. The first-order chi connectivity index (χ1) is 18.9. The van der Waals surface area contributed by atoms with Gasteiger partial charge in [0.2, 0.25) is 0 Å². The number of amidine groups is 2. The number of nitrogens with zero attached hydrogens (tertiary/aromatic N) is 5. The molecule has 1 aromatic rings. The van der Waals surface area contributed by atoms with Gasteiger partial charge in [-0.3, -0.25) is 14.8 Å². The average molecular weight is 532 g/mol. The van der Waals surface area contributed by atoms with Gasteiger partial charge in [0, 0.05) is 50.1 Å². The minimum absolute atomic E-state index is 0.0276. The van der Waals surface area contributed by atoms with Crippen LogP contribution in [0.5, 0.6) is 0 Å². The van der Waals surface area contributed by atoms with Crippen molar-refractivity contribution >= 4 is 29.0 Å². The molecule has 0 saturated carbocycles. The second-order valence-corrected chi connectivity index (χ2v) is 9.56. The van der Waals surface area contributed by atoms with Gasteiger partial charge in [-0.15, -0.1) is 12.3 Å². The summed E-state index contributed by atoms with van der Waals surface area (Å²) in [6, 6.07) is 7.94. The van der Waals surface area contributed by atoms with E-state index in [-0.39, 0.29) is 5.91 Å². The highest BCUT2D eigenvalue weighted by Crippen LogP contribution is 2.20. The first kappa shape index (κ1) is 31.4. The highest BCUT2D eigenvalue weighted by Gasteiger charge is 2.18. The van der Waals surface area contributed by atoms with Crippen molar-refractivity contribution in [3.05, 3.63) is 54.9 Å². The number of nitrogens with one attached hydrogen (secondary N) is 1. The summed E-state index contributed by atoms with van der Waals surface area (Å²) in [7, 11) is 0. The summed E-state index contributed by atoms with van der Waals surface area (Å²) in [5, 5.41) is 3.06. The van der Waals surface area contributed by atoms with E-state index in [0.29, 0.717) is 36.7 Å². The predicted octanol–water partition coefficient (Wildman–Crippen LogP) is 4.80. The number of nitrogens with two attached hydrogens (primary N) is 1. The molecule has 210 valence electrons. The van der Waals surface area contributed by atoms with Crippen molar-refractivity contribution in [2.45, 2.75) is 58.8 Å². The van der Waals surface area contributed by atoms with Gasteiger partial charge in [0.25, 0.3) is 5.91 Å². The van der Waals surface area contributed by atoms with Crippen molar-refractivity contribution in [3.8, 4) is 12.3 Å². The van der Waals surface area contributed by atoms with Gasteiger partial charge < -0.3 is 20.9 Å². The third-order valence-corrected chi connectivity index (χ3v) is 6.48. The molecule has 0 aliphatic carbocycles. The number of carbonyl (C=O) groups is 1. The number of anilines is 1. The molecule has 2 aliphatic rings. The van der Waals surface area contributed by atoms with E-state index in [1.807, 2.05) is 12.1 Å². The number of carbonyl (C=O) groups excluding carboxylic acids is 1. The Morgan fingerprint density at radius 2 is 1.92 bits per heavy atom. The van der Waals surface area contributed by atoms with E-state index in [0.717, 1.165) is 63.3 Å². The number of unbranched alkanes of at least 4 members (excludes halogenated alkanes) is 2. The molecule has 39 heavy (non-hydrogen) atoms. The van der Waals surface area contributed by atoms with Crippen LogP contribution in [-0.4, -0.2) is 67.5 Å². The Balaban J connectivity index is 0.00000170. The molecular weight excluding hydrogens is 486 g/mol. The van der Waals surface area contributed by atoms with Crippen molar-refractivity contribution in [2.24, 2.45) is 20.7 Å². The molecule has 1 aromatic carbocycles. The second kappa shape index (κ2) is 17.6. The average Bonchev–Trinajstić information content (AvgIpc) is 3.48. The molecule has 2 heterocycles. The lowest BCUT2D eigenvalue weighted by atomic mass is 10.1. The maximum Gasteiger partial charge on any atom is 0.251 e. The summed E-state index contributed by atoms with van der Waals surface area (Å²) in [6.07, 6.45) is 13.4. The normalized spacial score (nSPS) is 16.6. The molecule has 1 saturated heterocycles. The lowest BCUT2D eigenvalue weighted by Gasteiger charge is -2.27. The van der Waals surface area contributed by atoms with Crippen LogP contribution in [-0.2, 0) is 0 Å². The van der Waals surface area contributed by atoms with E-state index in [1.165, 1.54) is 24.7 Å². The zero-order chi connectivity index (χ0) is 28.5. The molecule has 3 rings (SSSR count). The molecule has 0 radical (unpaired) electrons. The van der Waals surface area contributed by atoms with Crippen LogP contribution >= 0.6 is 0 Å². The standard InChI is InChI=1S/C28H41N7O.C3H4/c1-4-6-11-27-32-20-26(29)33-22(3)25(30-5-2)21-35(27)19-8-7-16-31-28(36)23-12-14-24(15-13-23)34-17-9-10-18-34;1-3-2/h5,12-15H,2-4,6-11,16-21H2,1H3,(H2,29,33)(H,31,36);1H,2H3. The minimum atomic E-state index is -0.0276. The van der Waals surface area contributed by atoms with Crippen LogP contribution in [0.3, 0.4) is 0 Å². The first-order valence-electron chi connectivity index (χ1n) is 13.9. The smallest absolute Gasteiger partial charge is 0.251 e. The SMILES string of the molecule is C#CC.C=CN=C1CN(CCCCNC(=O)c2ccc(N3CCCC3)cc2)C(CCCC)=NCC(N)=NC1=C. The number of amides is 1. The van der Waals surface area contributed by atoms with Crippen LogP contribution in [0.25, 0.3) is 0 Å². The summed E-state index contributed by atoms with van der Waals surface area (Å²) < 4.78 is 0. The largest absolute Gasteiger partial charge is 0.386 e. The van der Waals surface area contributed by atoms with Gasteiger partial charge in [-0.05, 0) is 63.3 Å². The predicted molar refractivity (Wildman–Crippen MR) is 166 cm³/mol. The summed E-state index contributed by atoms with van der Waals surface area (Å²) in [5.41, 5.74) is 9.24. The molecule has 8 nitrogen and oxygen atoms in total. The van der Waals surface area contributed by atoms with Crippen LogP contribution in [0.2, 0.25) is 0 Å². The van der Waals surface area contributed by atoms with E-state index >= 15 is 0 Å². The zero-order valence-corrected chi connectivity index (χ0v) is 23.8. The van der Waals surface area contributed by atoms with Crippen molar-refractivity contribution in [3.63, 3.8) is 0 Å². The van der Waals surface area contributed by atoms with E-state index in [9.17, 15) is 4.79 Å². The molecule has 0 spiro atoms. The molecule has 0 unspecified atom stereocenters. The number of benzene rings is 1. The van der Waals surface area contributed by atoms with Gasteiger partial charge >= 0.3 is 0 Å². The lowest BCUT2D eigenvalue weighted by molar-refractivity contribution is 0.0953. The topological polar surface area (TPSA) is 98.7 Å². The second-order valence-electron chi connectivity index (χ2n) is 9.56. The zero-order valence-electron chi connectivity index (χ0n) is 23.8. The molecule has 2 aliphatic heterocycles. The third kappa shape index (κ3) is 10.8. The van der Waals surface area contributed by atoms with E-state index < -0.39 is 0 Å². The minimum Gasteiger partial charge on any atom is -0.386 e. The Bertz CT molecular complexity index is 1070. The fourth-order valence-corrected chi connectivity index (χ4v) is 4.45. The Morgan fingerprint density at radius 3 is 2.56 bits per heavy atom. The van der Waals surface area contributed by atoms with Crippen molar-refractivity contribution in [1.82, 2.24) is 10.2 Å². The quantitative estimate of drug-likeness (QED) is 0.317. The molecule has 3 N–H and O–H groups in total. The Hall–Kier alpha value is -3.86. The van der Waals surface area contributed by atoms with Crippen molar-refractivity contribution < 1.29 is 4.79 Å². The van der Waals surface area contributed by atoms with Gasteiger partial charge in [-0.25, -0.2) is 4.99 Å². The molecule has 1 amide bonds. The van der Waals surface area contributed by atoms with Crippen LogP contribution in [0, 0.1) is 12.3 Å². The number of hydrogen-bond acceptors (Lipinski definition) is 7. The number of terminal acetylenes is 1. The van der Waals surface area contributed by atoms with Crippen LogP contribution in [0.1, 0.15) is 69.2 Å². The van der Waals surface area contributed by atoms with E-state index in [4.69, 9.17) is 10.7 Å². The Kier molecular flexibility index (Phi) is 14.2. The highest BCUT2D eigenvalue weighted by atomic mass is 16.1. The summed E-state index contributed by atoms with van der Waals surface area (Å²) in [6.45, 7) is 16.1. The van der Waals surface area contributed by atoms with Gasteiger partial charge in [0.1, 0.15) is 5.84 Å². The van der Waals surface area contributed by atoms with Crippen molar-refractivity contribution in [2.75, 3.05) is 44.2 Å². The fourth-order valence-electron chi connectivity index (χ4n) is 4.45. The first-order valence-corrected chi connectivity index (χ1v) is 13.9. The highest BCUT2D eigenvalue weighted by molar-refractivity contribution is 6.06. The van der Waals surface area contributed by atoms with Gasteiger partial charge in [-0.1, -0.05) is 26.5 Å². The third-order valence-electron chi connectivity index (χ3n) is 6.48. The van der Waals surface area contributed by atoms with Gasteiger partial charge in [0.15, 0.2) is 0 Å². The fraction of sp³-hybridized carbons (Fsp3) is 0.484.